The van der Waals surface area contributed by atoms with Crippen LogP contribution in [0.1, 0.15) is 16.3 Å². The fraction of sp³-hybridized carbons (Fsp3) is 0.0833. The van der Waals surface area contributed by atoms with Crippen molar-refractivity contribution in [1.82, 2.24) is 9.97 Å². The molecule has 1 aromatic heterocycles. The Morgan fingerprint density at radius 1 is 1.37 bits per heavy atom. The molecule has 4 nitrogen and oxygen atoms in total. The maximum atomic E-state index is 10.9. The highest BCUT2D eigenvalue weighted by Gasteiger charge is 2.12. The first-order chi connectivity index (χ1) is 9.06. The Labute approximate surface area is 127 Å². The predicted octanol–water partition coefficient (Wildman–Crippen LogP) is 3.88. The van der Waals surface area contributed by atoms with Crippen LogP contribution < -0.4 is 0 Å². The largest absolute Gasteiger partial charge is 0.476 e. The van der Waals surface area contributed by atoms with Gasteiger partial charge in [0.15, 0.2) is 5.69 Å². The summed E-state index contributed by atoms with van der Waals surface area (Å²) in [5.41, 5.74) is -0.0262. The van der Waals surface area contributed by atoms with Crippen LogP contribution in [0.2, 0.25) is 5.02 Å². The number of hydrogen-bond acceptors (Lipinski definition) is 4. The molecule has 0 unspecified atom stereocenters. The van der Waals surface area contributed by atoms with E-state index in [1.54, 1.807) is 12.1 Å². The first kappa shape index (κ1) is 14.3. The fourth-order valence-electron chi connectivity index (χ4n) is 1.30. The number of halogens is 2. The first-order valence-corrected chi connectivity index (χ1v) is 7.35. The first-order valence-electron chi connectivity index (χ1n) is 5.19. The Morgan fingerprint density at radius 3 is 2.68 bits per heavy atom. The van der Waals surface area contributed by atoms with Crippen molar-refractivity contribution in [2.24, 2.45) is 0 Å². The van der Waals surface area contributed by atoms with Crippen LogP contribution in [0.4, 0.5) is 0 Å². The number of thioether (sulfide) groups is 1. The van der Waals surface area contributed by atoms with Crippen LogP contribution in [0.25, 0.3) is 0 Å². The molecule has 1 N–H and O–H groups in total. The maximum absolute atomic E-state index is 10.9. The number of aromatic nitrogens is 2. The lowest BCUT2D eigenvalue weighted by atomic mass is 10.4. The van der Waals surface area contributed by atoms with E-state index >= 15 is 0 Å². The average molecular weight is 360 g/mol. The zero-order valence-electron chi connectivity index (χ0n) is 9.51. The third-order valence-electron chi connectivity index (χ3n) is 2.18. The van der Waals surface area contributed by atoms with Crippen molar-refractivity contribution in [1.29, 1.82) is 0 Å². The number of aromatic carboxylic acids is 1. The molecule has 2 rings (SSSR count). The molecule has 1 aromatic carbocycles. The Hall–Kier alpha value is -1.11. The molecule has 0 fully saturated rings. The van der Waals surface area contributed by atoms with Gasteiger partial charge in [-0.15, -0.1) is 11.8 Å². The maximum Gasteiger partial charge on any atom is 0.355 e. The van der Waals surface area contributed by atoms with Gasteiger partial charge in [0.2, 0.25) is 0 Å². The number of rotatable bonds is 4. The van der Waals surface area contributed by atoms with E-state index in [1.165, 1.54) is 18.0 Å². The molecule has 0 saturated heterocycles. The molecule has 98 valence electrons. The van der Waals surface area contributed by atoms with Crippen molar-refractivity contribution in [3.63, 3.8) is 0 Å². The number of carboxylic acids is 1. The van der Waals surface area contributed by atoms with E-state index in [2.05, 4.69) is 25.9 Å². The van der Waals surface area contributed by atoms with Gasteiger partial charge in [-0.05, 0) is 40.2 Å². The molecule has 0 bridgehead atoms. The molecule has 2 aromatic rings. The topological polar surface area (TPSA) is 63.1 Å². The third kappa shape index (κ3) is 3.92. The lowest BCUT2D eigenvalue weighted by Gasteiger charge is -2.03. The van der Waals surface area contributed by atoms with Crippen molar-refractivity contribution in [3.8, 4) is 0 Å². The molecule has 0 aliphatic rings. The number of hydrogen-bond donors (Lipinski definition) is 1. The molecule has 0 radical (unpaired) electrons. The summed E-state index contributed by atoms with van der Waals surface area (Å²) in [6.07, 6.45) is 1.45. The highest BCUT2D eigenvalue weighted by molar-refractivity contribution is 9.10. The van der Waals surface area contributed by atoms with E-state index in [1.807, 2.05) is 12.1 Å². The van der Waals surface area contributed by atoms with Gasteiger partial charge in [-0.3, -0.25) is 0 Å². The Kier molecular flexibility index (Phi) is 4.79. The number of benzene rings is 1. The molecular formula is C12H8BrClN2O2S. The van der Waals surface area contributed by atoms with Crippen LogP contribution >= 0.6 is 39.3 Å². The summed E-state index contributed by atoms with van der Waals surface area (Å²) in [7, 11) is 0. The standard InChI is InChI=1S/C12H8BrClN2O2S/c13-9-5-15-10(16-11(9)12(17)18)6-19-8-3-1-7(14)2-4-8/h1-5H,6H2,(H,17,18). The van der Waals surface area contributed by atoms with E-state index < -0.39 is 5.97 Å². The van der Waals surface area contributed by atoms with Gasteiger partial charge in [-0.2, -0.15) is 0 Å². The Morgan fingerprint density at radius 2 is 2.05 bits per heavy atom. The summed E-state index contributed by atoms with van der Waals surface area (Å²) < 4.78 is 0.375. The summed E-state index contributed by atoms with van der Waals surface area (Å²) in [4.78, 5) is 20.1. The van der Waals surface area contributed by atoms with E-state index in [9.17, 15) is 4.79 Å². The molecule has 0 saturated carbocycles. The van der Waals surface area contributed by atoms with E-state index in [0.29, 0.717) is 21.1 Å². The normalized spacial score (nSPS) is 10.4. The summed E-state index contributed by atoms with van der Waals surface area (Å²) in [6, 6.07) is 7.39. The fourth-order valence-corrected chi connectivity index (χ4v) is 2.55. The van der Waals surface area contributed by atoms with Crippen molar-refractivity contribution in [2.45, 2.75) is 10.6 Å². The summed E-state index contributed by atoms with van der Waals surface area (Å²) in [6.45, 7) is 0. The minimum atomic E-state index is -1.08. The van der Waals surface area contributed by atoms with Gasteiger partial charge in [0, 0.05) is 16.1 Å². The van der Waals surface area contributed by atoms with Gasteiger partial charge in [0.05, 0.1) is 10.2 Å². The molecule has 0 aliphatic heterocycles. The minimum absolute atomic E-state index is 0.0262. The van der Waals surface area contributed by atoms with Crippen molar-refractivity contribution >= 4 is 45.3 Å². The molecule has 0 aliphatic carbocycles. The molecule has 1 heterocycles. The van der Waals surface area contributed by atoms with Crippen molar-refractivity contribution in [3.05, 3.63) is 51.5 Å². The summed E-state index contributed by atoms with van der Waals surface area (Å²) in [5, 5.41) is 9.64. The third-order valence-corrected chi connectivity index (χ3v) is 4.02. The number of carbonyl (C=O) groups is 1. The number of carboxylic acid groups (broad SMARTS) is 1. The van der Waals surface area contributed by atoms with E-state index in [4.69, 9.17) is 16.7 Å². The lowest BCUT2D eigenvalue weighted by Crippen LogP contribution is -2.05. The zero-order valence-corrected chi connectivity index (χ0v) is 12.7. The van der Waals surface area contributed by atoms with Crippen molar-refractivity contribution in [2.75, 3.05) is 0 Å². The zero-order chi connectivity index (χ0) is 13.8. The quantitative estimate of drug-likeness (QED) is 0.839. The van der Waals surface area contributed by atoms with E-state index in [-0.39, 0.29) is 5.69 Å². The smallest absolute Gasteiger partial charge is 0.355 e. The minimum Gasteiger partial charge on any atom is -0.476 e. The van der Waals surface area contributed by atoms with Crippen LogP contribution in [0.5, 0.6) is 0 Å². The summed E-state index contributed by atoms with van der Waals surface area (Å²) in [5.74, 6) is -0.109. The number of nitrogens with zero attached hydrogens (tertiary/aromatic N) is 2. The second kappa shape index (κ2) is 6.36. The highest BCUT2D eigenvalue weighted by Crippen LogP contribution is 2.23. The summed E-state index contributed by atoms with van der Waals surface area (Å²) >= 11 is 10.4. The predicted molar refractivity (Wildman–Crippen MR) is 77.7 cm³/mol. The molecule has 7 heteroatoms. The van der Waals surface area contributed by atoms with Gasteiger partial charge < -0.3 is 5.11 Å². The highest BCUT2D eigenvalue weighted by atomic mass is 79.9. The van der Waals surface area contributed by atoms with Gasteiger partial charge in [-0.1, -0.05) is 11.6 Å². The monoisotopic (exact) mass is 358 g/mol. The SMILES string of the molecule is O=C(O)c1nc(CSc2ccc(Cl)cc2)ncc1Br. The van der Waals surface area contributed by atoms with Crippen LogP contribution in [0, 0.1) is 0 Å². The second-order valence-corrected chi connectivity index (χ2v) is 5.87. The Bertz CT molecular complexity index is 607. The molecule has 0 atom stereocenters. The molecule has 19 heavy (non-hydrogen) atoms. The van der Waals surface area contributed by atoms with Gasteiger partial charge in [0.1, 0.15) is 5.82 Å². The average Bonchev–Trinajstić information content (AvgIpc) is 2.39. The van der Waals surface area contributed by atoms with Gasteiger partial charge >= 0.3 is 5.97 Å². The second-order valence-electron chi connectivity index (χ2n) is 3.53. The van der Waals surface area contributed by atoms with E-state index in [0.717, 1.165) is 4.90 Å². The molecular weight excluding hydrogens is 352 g/mol. The molecule has 0 spiro atoms. The lowest BCUT2D eigenvalue weighted by molar-refractivity contribution is 0.0689. The Balaban J connectivity index is 2.09. The van der Waals surface area contributed by atoms with Gasteiger partial charge in [-0.25, -0.2) is 14.8 Å². The van der Waals surface area contributed by atoms with Crippen LogP contribution in [0.15, 0.2) is 39.8 Å². The van der Waals surface area contributed by atoms with Crippen molar-refractivity contribution < 1.29 is 9.90 Å². The van der Waals surface area contributed by atoms with Crippen LogP contribution in [-0.4, -0.2) is 21.0 Å². The molecule has 0 amide bonds. The van der Waals surface area contributed by atoms with Crippen LogP contribution in [0.3, 0.4) is 0 Å². The van der Waals surface area contributed by atoms with Gasteiger partial charge in [0.25, 0.3) is 0 Å². The van der Waals surface area contributed by atoms with Crippen LogP contribution in [-0.2, 0) is 5.75 Å².